The van der Waals surface area contributed by atoms with Gasteiger partial charge in [-0.2, -0.15) is 18.3 Å². The number of nitrogens with zero attached hydrogens (tertiary/aromatic N) is 1. The summed E-state index contributed by atoms with van der Waals surface area (Å²) in [5, 5.41) is 5.74. The van der Waals surface area contributed by atoms with Gasteiger partial charge in [0.2, 0.25) is 0 Å². The fourth-order valence-electron chi connectivity index (χ4n) is 1.89. The zero-order chi connectivity index (χ0) is 15.0. The number of nitrogens with one attached hydrogen (secondary N) is 2. The largest absolute Gasteiger partial charge is 0.431 e. The van der Waals surface area contributed by atoms with Gasteiger partial charge >= 0.3 is 6.18 Å². The van der Waals surface area contributed by atoms with E-state index < -0.39 is 17.8 Å². The minimum atomic E-state index is -4.45. The van der Waals surface area contributed by atoms with Gasteiger partial charge in [-0.05, 0) is 29.7 Å². The first-order valence-corrected chi connectivity index (χ1v) is 6.73. The Balaban J connectivity index is 1.96. The zero-order valence-electron chi connectivity index (χ0n) is 10.4. The Morgan fingerprint density at radius 2 is 2.05 bits per heavy atom. The van der Waals surface area contributed by atoms with Crippen LogP contribution in [0.15, 0.2) is 40.3 Å². The summed E-state index contributed by atoms with van der Waals surface area (Å²) in [6.07, 6.45) is -3.09. The van der Waals surface area contributed by atoms with Gasteiger partial charge in [-0.15, -0.1) is 11.3 Å². The monoisotopic (exact) mass is 311 g/mol. The van der Waals surface area contributed by atoms with Crippen molar-refractivity contribution < 1.29 is 18.0 Å². The molecule has 2 aromatic rings. The van der Waals surface area contributed by atoms with Gasteiger partial charge in [0, 0.05) is 5.69 Å². The molecule has 2 aromatic heterocycles. The van der Waals surface area contributed by atoms with E-state index >= 15 is 0 Å². The number of H-pyrrole nitrogens is 1. The second-order valence-electron chi connectivity index (χ2n) is 4.26. The van der Waals surface area contributed by atoms with Crippen LogP contribution in [-0.2, 0) is 11.0 Å². The summed E-state index contributed by atoms with van der Waals surface area (Å²) in [6.45, 7) is 0. The third-order valence-electron chi connectivity index (χ3n) is 2.84. The van der Waals surface area contributed by atoms with Crippen molar-refractivity contribution in [1.82, 2.24) is 10.4 Å². The lowest BCUT2D eigenvalue weighted by molar-refractivity contribution is -0.140. The van der Waals surface area contributed by atoms with Crippen molar-refractivity contribution in [3.05, 3.63) is 51.5 Å². The summed E-state index contributed by atoms with van der Waals surface area (Å²) >= 11 is 1.39. The van der Waals surface area contributed by atoms with Crippen molar-refractivity contribution in [2.24, 2.45) is 5.10 Å². The molecular formula is C13H8F3N3OS. The number of hydrogen-bond donors (Lipinski definition) is 2. The molecule has 8 heteroatoms. The van der Waals surface area contributed by atoms with E-state index in [-0.39, 0.29) is 11.3 Å². The van der Waals surface area contributed by atoms with Gasteiger partial charge in [-0.3, -0.25) is 4.79 Å². The molecule has 0 unspecified atom stereocenters. The molecule has 0 saturated heterocycles. The predicted octanol–water partition coefficient (Wildman–Crippen LogP) is 3.01. The van der Waals surface area contributed by atoms with E-state index in [1.165, 1.54) is 23.5 Å². The minimum absolute atomic E-state index is 0.193. The highest BCUT2D eigenvalue weighted by Crippen LogP contribution is 2.29. The molecule has 1 amide bonds. The molecule has 0 saturated carbocycles. The van der Waals surface area contributed by atoms with E-state index in [9.17, 15) is 18.0 Å². The summed E-state index contributed by atoms with van der Waals surface area (Å²) in [7, 11) is 0. The highest BCUT2D eigenvalue weighted by Gasteiger charge is 2.32. The summed E-state index contributed by atoms with van der Waals surface area (Å²) in [6, 6.07) is 5.79. The Morgan fingerprint density at radius 3 is 2.67 bits per heavy atom. The van der Waals surface area contributed by atoms with Crippen LogP contribution in [0.2, 0.25) is 0 Å². The van der Waals surface area contributed by atoms with Crippen LogP contribution in [0.25, 0.3) is 6.08 Å². The standard InChI is InChI=1S/C13H8F3N3OS/c14-13(15,16)10-4-3-7(17-10)6-8-11(18-19-12(8)20)9-2-1-5-21-9/h1-6,17H,(H,19,20). The molecule has 108 valence electrons. The number of carbonyl (C=O) groups is 1. The summed E-state index contributed by atoms with van der Waals surface area (Å²) in [4.78, 5) is 14.8. The molecule has 0 atom stereocenters. The number of alkyl halides is 3. The molecular weight excluding hydrogens is 303 g/mol. The number of thiophene rings is 1. The maximum atomic E-state index is 12.5. The molecule has 0 aromatic carbocycles. The number of amides is 1. The summed E-state index contributed by atoms with van der Waals surface area (Å²) < 4.78 is 37.6. The normalized spacial score (nSPS) is 17.2. The highest BCUT2D eigenvalue weighted by molar-refractivity contribution is 7.12. The Labute approximate surface area is 121 Å². The molecule has 0 aliphatic carbocycles. The van der Waals surface area contributed by atoms with E-state index in [1.807, 2.05) is 5.38 Å². The quantitative estimate of drug-likeness (QED) is 0.823. The van der Waals surface area contributed by atoms with Gasteiger partial charge < -0.3 is 4.98 Å². The Kier molecular flexibility index (Phi) is 3.17. The lowest BCUT2D eigenvalue weighted by atomic mass is 10.1. The lowest BCUT2D eigenvalue weighted by Gasteiger charge is -2.02. The predicted molar refractivity (Wildman–Crippen MR) is 72.8 cm³/mol. The van der Waals surface area contributed by atoms with Crippen LogP contribution < -0.4 is 5.43 Å². The average Bonchev–Trinajstić information content (AvgIpc) is 3.11. The van der Waals surface area contributed by atoms with Crippen molar-refractivity contribution in [3.63, 3.8) is 0 Å². The molecule has 0 radical (unpaired) electrons. The van der Waals surface area contributed by atoms with Gasteiger partial charge in [-0.1, -0.05) is 6.07 Å². The third kappa shape index (κ3) is 2.62. The van der Waals surface area contributed by atoms with Crippen LogP contribution in [0, 0.1) is 0 Å². The number of aromatic nitrogens is 1. The first-order chi connectivity index (χ1) is 9.95. The molecule has 3 rings (SSSR count). The van der Waals surface area contributed by atoms with Crippen molar-refractivity contribution >= 4 is 29.0 Å². The number of hydrogen-bond acceptors (Lipinski definition) is 3. The maximum Gasteiger partial charge on any atom is 0.431 e. The van der Waals surface area contributed by atoms with Crippen LogP contribution in [0.3, 0.4) is 0 Å². The van der Waals surface area contributed by atoms with E-state index in [1.54, 1.807) is 12.1 Å². The third-order valence-corrected chi connectivity index (χ3v) is 3.71. The van der Waals surface area contributed by atoms with E-state index in [0.717, 1.165) is 10.9 Å². The molecule has 1 aliphatic heterocycles. The van der Waals surface area contributed by atoms with Crippen LogP contribution in [-0.4, -0.2) is 16.6 Å². The molecule has 0 fully saturated rings. The number of rotatable bonds is 2. The molecule has 0 bridgehead atoms. The molecule has 21 heavy (non-hydrogen) atoms. The number of hydrazone groups is 1. The number of aromatic amines is 1. The second-order valence-corrected chi connectivity index (χ2v) is 5.21. The molecule has 4 nitrogen and oxygen atoms in total. The van der Waals surface area contributed by atoms with Gasteiger partial charge in [0.1, 0.15) is 11.4 Å². The Bertz CT molecular complexity index is 741. The van der Waals surface area contributed by atoms with Crippen molar-refractivity contribution in [2.75, 3.05) is 0 Å². The number of carbonyl (C=O) groups excluding carboxylic acids is 1. The van der Waals surface area contributed by atoms with Crippen LogP contribution in [0.5, 0.6) is 0 Å². The first-order valence-electron chi connectivity index (χ1n) is 5.85. The lowest BCUT2D eigenvalue weighted by Crippen LogP contribution is -2.13. The topological polar surface area (TPSA) is 57.2 Å². The van der Waals surface area contributed by atoms with Gasteiger partial charge in [0.15, 0.2) is 0 Å². The number of halogens is 3. The Morgan fingerprint density at radius 1 is 1.24 bits per heavy atom. The van der Waals surface area contributed by atoms with Crippen molar-refractivity contribution in [3.8, 4) is 0 Å². The molecule has 2 N–H and O–H groups in total. The first kappa shape index (κ1) is 13.6. The fraction of sp³-hybridized carbons (Fsp3) is 0.0769. The van der Waals surface area contributed by atoms with Crippen LogP contribution in [0.4, 0.5) is 13.2 Å². The SMILES string of the molecule is O=C1NN=C(c2cccs2)C1=Cc1ccc(C(F)(F)F)[nH]1. The average molecular weight is 311 g/mol. The smallest absolute Gasteiger partial charge is 0.351 e. The minimum Gasteiger partial charge on any atom is -0.351 e. The summed E-state index contributed by atoms with van der Waals surface area (Å²) in [5.74, 6) is -0.443. The van der Waals surface area contributed by atoms with Crippen molar-refractivity contribution in [2.45, 2.75) is 6.18 Å². The van der Waals surface area contributed by atoms with Gasteiger partial charge in [-0.25, -0.2) is 5.43 Å². The summed E-state index contributed by atoms with van der Waals surface area (Å²) in [5.41, 5.74) is 2.31. The van der Waals surface area contributed by atoms with E-state index in [2.05, 4.69) is 15.5 Å². The molecule has 0 spiro atoms. The van der Waals surface area contributed by atoms with Crippen LogP contribution >= 0.6 is 11.3 Å². The maximum absolute atomic E-state index is 12.5. The molecule has 3 heterocycles. The van der Waals surface area contributed by atoms with Crippen LogP contribution in [0.1, 0.15) is 16.3 Å². The van der Waals surface area contributed by atoms with E-state index in [4.69, 9.17) is 0 Å². The van der Waals surface area contributed by atoms with Gasteiger partial charge in [0.25, 0.3) is 5.91 Å². The highest BCUT2D eigenvalue weighted by atomic mass is 32.1. The van der Waals surface area contributed by atoms with Crippen molar-refractivity contribution in [1.29, 1.82) is 0 Å². The fourth-order valence-corrected chi connectivity index (χ4v) is 2.61. The van der Waals surface area contributed by atoms with E-state index in [0.29, 0.717) is 5.71 Å². The van der Waals surface area contributed by atoms with Gasteiger partial charge in [0.05, 0.1) is 10.5 Å². The second kappa shape index (κ2) is 4.88. The molecule has 1 aliphatic rings. The Hall–Kier alpha value is -2.35. The zero-order valence-corrected chi connectivity index (χ0v) is 11.2.